The molecule has 0 aromatic heterocycles. The Balaban J connectivity index is 1.06. The third kappa shape index (κ3) is 6.49. The zero-order chi connectivity index (χ0) is 30.3. The highest BCUT2D eigenvalue weighted by Gasteiger charge is 2.39. The quantitative estimate of drug-likeness (QED) is 0.379. The molecule has 1 atom stereocenters. The summed E-state index contributed by atoms with van der Waals surface area (Å²) in [7, 11) is 0. The van der Waals surface area contributed by atoms with E-state index < -0.39 is 17.7 Å². The molecule has 230 valence electrons. The van der Waals surface area contributed by atoms with Crippen LogP contribution in [-0.4, -0.2) is 79.4 Å². The van der Waals surface area contributed by atoms with Gasteiger partial charge in [-0.3, -0.25) is 9.69 Å². The third-order valence-corrected chi connectivity index (χ3v) is 9.81. The molecule has 12 nitrogen and oxygen atoms in total. The lowest BCUT2D eigenvalue weighted by Gasteiger charge is -2.36. The molecule has 0 saturated carbocycles. The first-order valence-corrected chi connectivity index (χ1v) is 16.2. The highest BCUT2D eigenvalue weighted by atomic mass is 79.9. The molecule has 1 aromatic carbocycles. The number of anilines is 1. The van der Waals surface area contributed by atoms with Crippen LogP contribution in [0.4, 0.5) is 10.6 Å². The van der Waals surface area contributed by atoms with E-state index in [1.807, 2.05) is 42.4 Å². The number of likely N-dealkylation sites (tertiary alicyclic amines) is 2. The molecule has 1 aromatic rings. The Labute approximate surface area is 263 Å². The van der Waals surface area contributed by atoms with Crippen molar-refractivity contribution in [2.45, 2.75) is 81.1 Å². The van der Waals surface area contributed by atoms with Gasteiger partial charge in [-0.15, -0.1) is 0 Å². The molecular formula is C29H36BrN7O5S. The number of imidazole rings is 1. The van der Waals surface area contributed by atoms with Crippen molar-refractivity contribution < 1.29 is 23.8 Å². The van der Waals surface area contributed by atoms with Crippen LogP contribution >= 0.6 is 27.7 Å². The van der Waals surface area contributed by atoms with Crippen molar-refractivity contribution in [3.05, 3.63) is 22.9 Å². The van der Waals surface area contributed by atoms with Gasteiger partial charge >= 0.3 is 6.09 Å². The second-order valence-corrected chi connectivity index (χ2v) is 14.0. The Bertz CT molecular complexity index is 1490. The van der Waals surface area contributed by atoms with Crippen molar-refractivity contribution in [2.75, 3.05) is 32.2 Å². The molecule has 2 N–H and O–H groups in total. The molecule has 2 saturated heterocycles. The number of nitrogens with zero attached hydrogens (tertiary/aromatic N) is 6. The summed E-state index contributed by atoms with van der Waals surface area (Å²) < 4.78 is 19.4. The Morgan fingerprint density at radius 2 is 1.86 bits per heavy atom. The van der Waals surface area contributed by atoms with Crippen molar-refractivity contribution in [3.8, 4) is 23.0 Å². The molecule has 6 rings (SSSR count). The van der Waals surface area contributed by atoms with Gasteiger partial charge in [0, 0.05) is 35.5 Å². The van der Waals surface area contributed by atoms with E-state index in [2.05, 4.69) is 25.9 Å². The summed E-state index contributed by atoms with van der Waals surface area (Å²) >= 11 is 5.01. The summed E-state index contributed by atoms with van der Waals surface area (Å²) in [5, 5.41) is 0.571. The maximum absolute atomic E-state index is 13.4. The largest absolute Gasteiger partial charge is 0.454 e. The summed E-state index contributed by atoms with van der Waals surface area (Å²) in [5.74, 6) is 2.92. The van der Waals surface area contributed by atoms with Crippen molar-refractivity contribution >= 4 is 45.5 Å². The molecule has 0 bridgehead atoms. The number of fused-ring (bicyclic) bond motifs is 2. The van der Waals surface area contributed by atoms with E-state index in [0.717, 1.165) is 35.1 Å². The van der Waals surface area contributed by atoms with Gasteiger partial charge < -0.3 is 29.4 Å². The number of aromatic nitrogens is 4. The fraction of sp³-hybridized carbons (Fsp3) is 0.552. The van der Waals surface area contributed by atoms with E-state index in [1.54, 1.807) is 11.2 Å². The number of amides is 2. The van der Waals surface area contributed by atoms with Crippen molar-refractivity contribution in [3.63, 3.8) is 0 Å². The standard InChI is InChI=1S/C29H36BrN7O5S/c1-29(2,3)42-28(39)37-9-4-5-19(37)26(38)35-10-6-17(7-11-35)8-12-36-15-32-24(31)23-25(36)34-27(33-23)43-22-14-21-20(13-18(22)30)40-16-41-21/h13-15,17,19H,4-12,16,31H2,1-3H3/t19-/m0/s1. The third-order valence-electron chi connectivity index (χ3n) is 7.97. The van der Waals surface area contributed by atoms with Gasteiger partial charge in [-0.25, -0.2) is 19.7 Å². The molecule has 5 heterocycles. The van der Waals surface area contributed by atoms with Crippen LogP contribution < -0.4 is 15.2 Å². The number of hydrogen-bond donors (Lipinski definition) is 1. The SMILES string of the molecule is CC(C)(C)OC(=O)N1CCC[C@H]1C(=O)N1CCC(CCn2cnc(N)c3nc(Sc4cc5c(cc4Br)OCO5)nc2-3)CC1. The molecule has 2 fully saturated rings. The molecule has 5 aliphatic heterocycles. The number of carbonyl (C=O) groups excluding carboxylic acids is 2. The van der Waals surface area contributed by atoms with Crippen molar-refractivity contribution in [2.24, 2.45) is 5.92 Å². The normalized spacial score (nSPS) is 18.9. The number of carbonyl (C=O) groups is 2. The number of nitrogens with two attached hydrogens (primary N) is 1. The van der Waals surface area contributed by atoms with Gasteiger partial charge in [-0.2, -0.15) is 0 Å². The molecule has 43 heavy (non-hydrogen) atoms. The summed E-state index contributed by atoms with van der Waals surface area (Å²) in [6.07, 6.45) is 5.55. The fourth-order valence-electron chi connectivity index (χ4n) is 5.76. The second-order valence-electron chi connectivity index (χ2n) is 12.1. The van der Waals surface area contributed by atoms with Gasteiger partial charge in [0.05, 0.1) is 6.33 Å². The van der Waals surface area contributed by atoms with Crippen LogP contribution in [0.2, 0.25) is 0 Å². The van der Waals surface area contributed by atoms with Gasteiger partial charge in [-0.05, 0) is 98.6 Å². The van der Waals surface area contributed by atoms with E-state index >= 15 is 0 Å². The minimum atomic E-state index is -0.589. The topological polar surface area (TPSA) is 138 Å². The van der Waals surface area contributed by atoms with Crippen LogP contribution in [0.3, 0.4) is 0 Å². The van der Waals surface area contributed by atoms with E-state index in [1.165, 1.54) is 11.8 Å². The van der Waals surface area contributed by atoms with Crippen LogP contribution in [0.1, 0.15) is 52.9 Å². The molecule has 2 amide bonds. The summed E-state index contributed by atoms with van der Waals surface area (Å²) in [4.78, 5) is 44.3. The zero-order valence-corrected chi connectivity index (χ0v) is 26.9. The lowest BCUT2D eigenvalue weighted by molar-refractivity contribution is -0.137. The number of halogens is 1. The maximum atomic E-state index is 13.4. The van der Waals surface area contributed by atoms with E-state index in [0.29, 0.717) is 72.5 Å². The smallest absolute Gasteiger partial charge is 0.410 e. The number of benzene rings is 1. The lowest BCUT2D eigenvalue weighted by atomic mass is 9.93. The highest BCUT2D eigenvalue weighted by molar-refractivity contribution is 9.10. The van der Waals surface area contributed by atoms with Crippen molar-refractivity contribution in [1.29, 1.82) is 0 Å². The summed E-state index contributed by atoms with van der Waals surface area (Å²) in [6, 6.07) is 3.36. The number of ether oxygens (including phenoxy) is 3. The second kappa shape index (κ2) is 12.0. The molecule has 0 spiro atoms. The van der Waals surface area contributed by atoms with Crippen molar-refractivity contribution in [1.82, 2.24) is 29.3 Å². The van der Waals surface area contributed by atoms with Crippen LogP contribution in [0, 0.1) is 5.92 Å². The molecular weight excluding hydrogens is 638 g/mol. The van der Waals surface area contributed by atoms with Gasteiger partial charge in [0.15, 0.2) is 34.0 Å². The predicted octanol–water partition coefficient (Wildman–Crippen LogP) is 5.03. The Morgan fingerprint density at radius 1 is 1.12 bits per heavy atom. The van der Waals surface area contributed by atoms with E-state index in [-0.39, 0.29) is 12.7 Å². The molecule has 0 radical (unpaired) electrons. The summed E-state index contributed by atoms with van der Waals surface area (Å²) in [5.41, 5.74) is 6.16. The maximum Gasteiger partial charge on any atom is 0.410 e. The minimum absolute atomic E-state index is 0.0341. The average molecular weight is 675 g/mol. The number of aryl methyl sites for hydroxylation is 1. The van der Waals surface area contributed by atoms with E-state index in [9.17, 15) is 9.59 Å². The van der Waals surface area contributed by atoms with Gasteiger partial charge in [0.1, 0.15) is 11.6 Å². The molecule has 0 unspecified atom stereocenters. The Kier molecular flexibility index (Phi) is 8.33. The van der Waals surface area contributed by atoms with Gasteiger partial charge in [0.25, 0.3) is 0 Å². The minimum Gasteiger partial charge on any atom is -0.454 e. The highest BCUT2D eigenvalue weighted by Crippen LogP contribution is 2.43. The van der Waals surface area contributed by atoms with Gasteiger partial charge in [0.2, 0.25) is 12.7 Å². The molecule has 14 heteroatoms. The Morgan fingerprint density at radius 3 is 2.60 bits per heavy atom. The molecule has 0 aliphatic carbocycles. The first-order valence-electron chi connectivity index (χ1n) is 14.6. The number of hydrogen-bond acceptors (Lipinski definition) is 10. The first-order chi connectivity index (χ1) is 20.6. The van der Waals surface area contributed by atoms with Gasteiger partial charge in [-0.1, -0.05) is 0 Å². The predicted molar refractivity (Wildman–Crippen MR) is 163 cm³/mol. The van der Waals surface area contributed by atoms with E-state index in [4.69, 9.17) is 24.9 Å². The average Bonchev–Trinajstić information content (AvgIpc) is 3.72. The zero-order valence-electron chi connectivity index (χ0n) is 24.5. The number of nitrogen functional groups attached to an aromatic ring is 1. The fourth-order valence-corrected chi connectivity index (χ4v) is 7.11. The number of rotatable bonds is 6. The number of piperidine rings is 1. The summed E-state index contributed by atoms with van der Waals surface area (Å²) in [6.45, 7) is 8.37. The van der Waals surface area contributed by atoms with Crippen LogP contribution in [0.25, 0.3) is 11.5 Å². The molecule has 5 aliphatic rings. The Hall–Kier alpha value is -3.26. The lowest BCUT2D eigenvalue weighted by Crippen LogP contribution is -2.50. The first kappa shape index (κ1) is 29.8. The monoisotopic (exact) mass is 673 g/mol. The van der Waals surface area contributed by atoms with Crippen LogP contribution in [0.5, 0.6) is 11.5 Å². The van der Waals surface area contributed by atoms with Crippen LogP contribution in [0.15, 0.2) is 33.0 Å². The van der Waals surface area contributed by atoms with Crippen LogP contribution in [-0.2, 0) is 16.1 Å².